The second-order valence-corrected chi connectivity index (χ2v) is 6.50. The topological polar surface area (TPSA) is 84.2 Å². The summed E-state index contributed by atoms with van der Waals surface area (Å²) in [4.78, 5) is 24.7. The molecule has 1 aromatic heterocycles. The Hall–Kier alpha value is -3.48. The Morgan fingerprint density at radius 3 is 2.57 bits per heavy atom. The van der Waals surface area contributed by atoms with Crippen LogP contribution in [0.1, 0.15) is 27.2 Å². The standard InChI is InChI=1S/C23H24O7/c1-4-12-27-23(25)15(3)29-16-10-11-17-20(13-16)28-14-21(22(17)24)30-19-9-7-6-8-18(19)26-5-2/h6-11,13-15H,4-5,12H2,1-3H3/t15-/m1/s1. The highest BCUT2D eigenvalue weighted by Gasteiger charge is 2.17. The SMILES string of the molecule is CCCOC(=O)[C@@H](C)Oc1ccc2c(=O)c(Oc3ccccc3OCC)coc2c1. The number of carbonyl (C=O) groups is 1. The number of para-hydroxylation sites is 2. The quantitative estimate of drug-likeness (QED) is 0.471. The first-order chi connectivity index (χ1) is 14.5. The summed E-state index contributed by atoms with van der Waals surface area (Å²) in [6, 6.07) is 11.8. The number of fused-ring (bicyclic) bond motifs is 1. The van der Waals surface area contributed by atoms with Crippen molar-refractivity contribution in [1.29, 1.82) is 0 Å². The minimum Gasteiger partial charge on any atom is -0.490 e. The van der Waals surface area contributed by atoms with Crippen LogP contribution in [0.15, 0.2) is 57.9 Å². The number of hydrogen-bond acceptors (Lipinski definition) is 7. The summed E-state index contributed by atoms with van der Waals surface area (Å²) in [6.07, 6.45) is 1.20. The van der Waals surface area contributed by atoms with Crippen LogP contribution in [0.2, 0.25) is 0 Å². The van der Waals surface area contributed by atoms with Crippen molar-refractivity contribution < 1.29 is 28.2 Å². The molecule has 0 unspecified atom stereocenters. The Kier molecular flexibility index (Phi) is 6.95. The number of hydrogen-bond donors (Lipinski definition) is 0. The van der Waals surface area contributed by atoms with Crippen LogP contribution in [0.4, 0.5) is 0 Å². The van der Waals surface area contributed by atoms with E-state index in [4.69, 9.17) is 23.4 Å². The van der Waals surface area contributed by atoms with E-state index in [9.17, 15) is 9.59 Å². The van der Waals surface area contributed by atoms with E-state index in [0.717, 1.165) is 6.42 Å². The molecule has 1 heterocycles. The molecule has 0 saturated carbocycles. The first-order valence-electron chi connectivity index (χ1n) is 9.82. The highest BCUT2D eigenvalue weighted by molar-refractivity contribution is 5.79. The van der Waals surface area contributed by atoms with Gasteiger partial charge in [-0.15, -0.1) is 0 Å². The van der Waals surface area contributed by atoms with E-state index < -0.39 is 12.1 Å². The van der Waals surface area contributed by atoms with Crippen LogP contribution in [-0.2, 0) is 9.53 Å². The third kappa shape index (κ3) is 4.92. The molecule has 3 rings (SSSR count). The van der Waals surface area contributed by atoms with Gasteiger partial charge in [-0.2, -0.15) is 0 Å². The number of esters is 1. The Morgan fingerprint density at radius 1 is 1.07 bits per heavy atom. The lowest BCUT2D eigenvalue weighted by atomic mass is 10.2. The summed E-state index contributed by atoms with van der Waals surface area (Å²) < 4.78 is 27.5. The molecule has 0 amide bonds. The van der Waals surface area contributed by atoms with E-state index in [-0.39, 0.29) is 11.2 Å². The van der Waals surface area contributed by atoms with E-state index >= 15 is 0 Å². The van der Waals surface area contributed by atoms with Gasteiger partial charge < -0.3 is 23.4 Å². The van der Waals surface area contributed by atoms with Gasteiger partial charge in [-0.05, 0) is 44.5 Å². The largest absolute Gasteiger partial charge is 0.490 e. The summed E-state index contributed by atoms with van der Waals surface area (Å²) in [7, 11) is 0. The van der Waals surface area contributed by atoms with Crippen molar-refractivity contribution in [3.63, 3.8) is 0 Å². The Balaban J connectivity index is 1.81. The first-order valence-corrected chi connectivity index (χ1v) is 9.82. The van der Waals surface area contributed by atoms with E-state index in [1.54, 1.807) is 43.3 Å². The van der Waals surface area contributed by atoms with Gasteiger partial charge in [-0.3, -0.25) is 4.79 Å². The predicted octanol–water partition coefficient (Wildman–Crippen LogP) is 4.70. The zero-order valence-electron chi connectivity index (χ0n) is 17.2. The number of benzene rings is 2. The van der Waals surface area contributed by atoms with Crippen LogP contribution >= 0.6 is 0 Å². The molecule has 0 bridgehead atoms. The molecule has 7 nitrogen and oxygen atoms in total. The Morgan fingerprint density at radius 2 is 1.83 bits per heavy atom. The molecule has 0 aliphatic carbocycles. The summed E-state index contributed by atoms with van der Waals surface area (Å²) in [5, 5.41) is 0.329. The van der Waals surface area contributed by atoms with Gasteiger partial charge in [0.15, 0.2) is 17.6 Å². The first kappa shape index (κ1) is 21.2. The molecule has 0 radical (unpaired) electrons. The van der Waals surface area contributed by atoms with Gasteiger partial charge in [0.25, 0.3) is 0 Å². The lowest BCUT2D eigenvalue weighted by molar-refractivity contribution is -0.151. The van der Waals surface area contributed by atoms with E-state index in [1.165, 1.54) is 6.26 Å². The highest BCUT2D eigenvalue weighted by Crippen LogP contribution is 2.31. The molecule has 0 fully saturated rings. The van der Waals surface area contributed by atoms with Crippen molar-refractivity contribution in [1.82, 2.24) is 0 Å². The molecular formula is C23H24O7. The predicted molar refractivity (Wildman–Crippen MR) is 112 cm³/mol. The fraction of sp³-hybridized carbons (Fsp3) is 0.304. The zero-order valence-corrected chi connectivity index (χ0v) is 17.2. The maximum Gasteiger partial charge on any atom is 0.347 e. The minimum atomic E-state index is -0.779. The minimum absolute atomic E-state index is 0.0415. The molecule has 1 atom stereocenters. The average molecular weight is 412 g/mol. The maximum atomic E-state index is 12.8. The summed E-state index contributed by atoms with van der Waals surface area (Å²) in [5.41, 5.74) is -0.0124. The van der Waals surface area contributed by atoms with E-state index in [2.05, 4.69) is 0 Å². The molecule has 0 spiro atoms. The van der Waals surface area contributed by atoms with Crippen LogP contribution in [0, 0.1) is 0 Å². The molecule has 2 aromatic carbocycles. The molecule has 7 heteroatoms. The van der Waals surface area contributed by atoms with Crippen LogP contribution in [0.5, 0.6) is 23.0 Å². The number of ether oxygens (including phenoxy) is 4. The van der Waals surface area contributed by atoms with Crippen LogP contribution in [0.3, 0.4) is 0 Å². The monoisotopic (exact) mass is 412 g/mol. The third-order valence-electron chi connectivity index (χ3n) is 4.18. The lowest BCUT2D eigenvalue weighted by Gasteiger charge is -2.14. The van der Waals surface area contributed by atoms with Crippen molar-refractivity contribution in [2.45, 2.75) is 33.3 Å². The molecule has 0 N–H and O–H groups in total. The van der Waals surface area contributed by atoms with Crippen LogP contribution in [-0.4, -0.2) is 25.3 Å². The molecule has 158 valence electrons. The Labute approximate surface area is 174 Å². The third-order valence-corrected chi connectivity index (χ3v) is 4.18. The lowest BCUT2D eigenvalue weighted by Crippen LogP contribution is -2.26. The zero-order chi connectivity index (χ0) is 21.5. The van der Waals surface area contributed by atoms with Crippen molar-refractivity contribution >= 4 is 16.9 Å². The number of carbonyl (C=O) groups excluding carboxylic acids is 1. The average Bonchev–Trinajstić information content (AvgIpc) is 2.75. The molecule has 30 heavy (non-hydrogen) atoms. The van der Waals surface area contributed by atoms with Gasteiger partial charge in [0.1, 0.15) is 17.6 Å². The molecule has 0 aliphatic rings. The van der Waals surface area contributed by atoms with E-state index in [1.807, 2.05) is 19.9 Å². The summed E-state index contributed by atoms with van der Waals surface area (Å²) in [5.74, 6) is 0.939. The van der Waals surface area contributed by atoms with Crippen LogP contribution < -0.4 is 19.6 Å². The fourth-order valence-electron chi connectivity index (χ4n) is 2.73. The number of rotatable bonds is 9. The van der Waals surface area contributed by atoms with Crippen LogP contribution in [0.25, 0.3) is 11.0 Å². The van der Waals surface area contributed by atoms with Gasteiger partial charge in [0.05, 0.1) is 18.6 Å². The van der Waals surface area contributed by atoms with Gasteiger partial charge in [-0.1, -0.05) is 19.1 Å². The smallest absolute Gasteiger partial charge is 0.347 e. The molecule has 0 saturated heterocycles. The normalized spacial score (nSPS) is 11.7. The van der Waals surface area contributed by atoms with Crippen molar-refractivity contribution in [3.05, 3.63) is 59.0 Å². The van der Waals surface area contributed by atoms with Gasteiger partial charge in [-0.25, -0.2) is 4.79 Å². The summed E-state index contributed by atoms with van der Waals surface area (Å²) >= 11 is 0. The van der Waals surface area contributed by atoms with Gasteiger partial charge in [0.2, 0.25) is 11.2 Å². The second-order valence-electron chi connectivity index (χ2n) is 6.50. The molecule has 3 aromatic rings. The molecular weight excluding hydrogens is 388 g/mol. The fourth-order valence-corrected chi connectivity index (χ4v) is 2.73. The van der Waals surface area contributed by atoms with E-state index in [0.29, 0.717) is 41.4 Å². The van der Waals surface area contributed by atoms with Crippen molar-refractivity contribution in [3.8, 4) is 23.0 Å². The van der Waals surface area contributed by atoms with Gasteiger partial charge >= 0.3 is 5.97 Å². The highest BCUT2D eigenvalue weighted by atomic mass is 16.6. The van der Waals surface area contributed by atoms with Crippen molar-refractivity contribution in [2.24, 2.45) is 0 Å². The second kappa shape index (κ2) is 9.82. The van der Waals surface area contributed by atoms with Gasteiger partial charge in [0, 0.05) is 6.07 Å². The maximum absolute atomic E-state index is 12.8. The Bertz CT molecular complexity index is 1070. The van der Waals surface area contributed by atoms with Crippen molar-refractivity contribution in [2.75, 3.05) is 13.2 Å². The molecule has 0 aliphatic heterocycles. The summed E-state index contributed by atoms with van der Waals surface area (Å²) in [6.45, 7) is 6.20.